The molecule has 76 valence electrons. The highest BCUT2D eigenvalue weighted by atomic mass is 35.5. The summed E-state index contributed by atoms with van der Waals surface area (Å²) in [5, 5.41) is -1.66. The highest BCUT2D eigenvalue weighted by molar-refractivity contribution is 6.31. The van der Waals surface area contributed by atoms with Gasteiger partial charge in [-0.25, -0.2) is 0 Å². The third-order valence-electron chi connectivity index (χ3n) is 1.60. The van der Waals surface area contributed by atoms with Crippen LogP contribution in [0.2, 0.25) is 0 Å². The standard InChI is InChI=1S/C9H6ClF3O/c10-7(8(14)9(11,12)13)6-4-2-1-3-5-6/h1-5,7H. The smallest absolute Gasteiger partial charge is 0.287 e. The molecular weight excluding hydrogens is 217 g/mol. The van der Waals surface area contributed by atoms with Crippen molar-refractivity contribution in [2.24, 2.45) is 0 Å². The minimum Gasteiger partial charge on any atom is -0.287 e. The van der Waals surface area contributed by atoms with Crippen molar-refractivity contribution in [1.82, 2.24) is 0 Å². The van der Waals surface area contributed by atoms with Crippen molar-refractivity contribution in [1.29, 1.82) is 0 Å². The van der Waals surface area contributed by atoms with E-state index < -0.39 is 17.3 Å². The maximum atomic E-state index is 12.0. The largest absolute Gasteiger partial charge is 0.451 e. The van der Waals surface area contributed by atoms with Crippen molar-refractivity contribution in [3.63, 3.8) is 0 Å². The van der Waals surface area contributed by atoms with E-state index in [1.165, 1.54) is 24.3 Å². The number of hydrogen-bond donors (Lipinski definition) is 0. The molecule has 1 aromatic rings. The highest BCUT2D eigenvalue weighted by Crippen LogP contribution is 2.30. The van der Waals surface area contributed by atoms with Crippen molar-refractivity contribution >= 4 is 17.4 Å². The summed E-state index contributed by atoms with van der Waals surface area (Å²) in [6, 6.07) is 7.43. The molecule has 0 radical (unpaired) electrons. The molecule has 5 heteroatoms. The van der Waals surface area contributed by atoms with Crippen molar-refractivity contribution < 1.29 is 18.0 Å². The zero-order valence-electron chi connectivity index (χ0n) is 6.88. The number of hydrogen-bond acceptors (Lipinski definition) is 1. The lowest BCUT2D eigenvalue weighted by Gasteiger charge is -2.10. The summed E-state index contributed by atoms with van der Waals surface area (Å²) < 4.78 is 35.9. The van der Waals surface area contributed by atoms with Gasteiger partial charge in [-0.2, -0.15) is 13.2 Å². The molecule has 0 N–H and O–H groups in total. The molecule has 1 atom stereocenters. The lowest BCUT2D eigenvalue weighted by Crippen LogP contribution is -2.26. The van der Waals surface area contributed by atoms with Crippen LogP contribution in [0.25, 0.3) is 0 Å². The molecule has 1 aromatic carbocycles. The molecular formula is C9H6ClF3O. The minimum atomic E-state index is -4.89. The van der Waals surface area contributed by atoms with Crippen LogP contribution in [0.3, 0.4) is 0 Å². The van der Waals surface area contributed by atoms with Crippen molar-refractivity contribution in [3.05, 3.63) is 35.9 Å². The second-order valence-corrected chi connectivity index (χ2v) is 3.07. The first-order valence-corrected chi connectivity index (χ1v) is 4.16. The maximum Gasteiger partial charge on any atom is 0.451 e. The number of rotatable bonds is 2. The van der Waals surface area contributed by atoms with Gasteiger partial charge in [0, 0.05) is 0 Å². The van der Waals surface area contributed by atoms with Gasteiger partial charge in [-0.15, -0.1) is 11.6 Å². The van der Waals surface area contributed by atoms with E-state index in [-0.39, 0.29) is 5.56 Å². The lowest BCUT2D eigenvalue weighted by molar-refractivity contribution is -0.170. The predicted octanol–water partition coefficient (Wildman–Crippen LogP) is 3.10. The molecule has 0 amide bonds. The number of carbonyl (C=O) groups excluding carboxylic acids is 1. The fourth-order valence-electron chi connectivity index (χ4n) is 0.917. The Morgan fingerprint density at radius 3 is 2.14 bits per heavy atom. The van der Waals surface area contributed by atoms with Crippen LogP contribution in [0.1, 0.15) is 10.9 Å². The quantitative estimate of drug-likeness (QED) is 0.703. The fraction of sp³-hybridized carbons (Fsp3) is 0.222. The molecule has 0 saturated carbocycles. The van der Waals surface area contributed by atoms with E-state index in [0.717, 1.165) is 0 Å². The number of ketones is 1. The zero-order valence-corrected chi connectivity index (χ0v) is 7.64. The van der Waals surface area contributed by atoms with Crippen LogP contribution < -0.4 is 0 Å². The van der Waals surface area contributed by atoms with Gasteiger partial charge >= 0.3 is 6.18 Å². The summed E-state index contributed by atoms with van der Waals surface area (Å²) in [5.74, 6) is -1.94. The molecule has 0 spiro atoms. The minimum absolute atomic E-state index is 0.150. The van der Waals surface area contributed by atoms with Crippen LogP contribution in [-0.4, -0.2) is 12.0 Å². The topological polar surface area (TPSA) is 17.1 Å². The third kappa shape index (κ3) is 2.48. The van der Waals surface area contributed by atoms with E-state index in [4.69, 9.17) is 11.6 Å². The number of benzene rings is 1. The molecule has 0 bridgehead atoms. The maximum absolute atomic E-state index is 12.0. The van der Waals surface area contributed by atoms with Crippen LogP contribution in [0.4, 0.5) is 13.2 Å². The normalized spacial score (nSPS) is 13.7. The van der Waals surface area contributed by atoms with Gasteiger partial charge in [-0.3, -0.25) is 4.79 Å². The van der Waals surface area contributed by atoms with Gasteiger partial charge in [0.15, 0.2) is 0 Å². The molecule has 0 fully saturated rings. The average Bonchev–Trinajstić information content (AvgIpc) is 2.15. The second kappa shape index (κ2) is 4.00. The van der Waals surface area contributed by atoms with Gasteiger partial charge in [-0.1, -0.05) is 30.3 Å². The zero-order chi connectivity index (χ0) is 10.8. The third-order valence-corrected chi connectivity index (χ3v) is 2.05. The number of Topliss-reactive ketones (excluding diaryl/α,β-unsaturated/α-hetero) is 1. The van der Waals surface area contributed by atoms with Gasteiger partial charge < -0.3 is 0 Å². The van der Waals surface area contributed by atoms with Crippen LogP contribution in [-0.2, 0) is 4.79 Å². The number of carbonyl (C=O) groups is 1. The van der Waals surface area contributed by atoms with Gasteiger partial charge in [0.25, 0.3) is 5.78 Å². The van der Waals surface area contributed by atoms with E-state index in [0.29, 0.717) is 0 Å². The van der Waals surface area contributed by atoms with Crippen molar-refractivity contribution in [3.8, 4) is 0 Å². The van der Waals surface area contributed by atoms with Crippen molar-refractivity contribution in [2.45, 2.75) is 11.6 Å². The van der Waals surface area contributed by atoms with E-state index >= 15 is 0 Å². The number of halogens is 4. The molecule has 0 aromatic heterocycles. The summed E-state index contributed by atoms with van der Waals surface area (Å²) in [7, 11) is 0. The predicted molar refractivity (Wildman–Crippen MR) is 46.1 cm³/mol. The molecule has 0 heterocycles. The highest BCUT2D eigenvalue weighted by Gasteiger charge is 2.43. The Kier molecular flexibility index (Phi) is 3.16. The first kappa shape index (κ1) is 11.0. The van der Waals surface area contributed by atoms with E-state index in [2.05, 4.69) is 0 Å². The first-order valence-electron chi connectivity index (χ1n) is 3.73. The Morgan fingerprint density at radius 1 is 1.21 bits per heavy atom. The number of alkyl halides is 4. The summed E-state index contributed by atoms with van der Waals surface area (Å²) in [6.45, 7) is 0. The van der Waals surface area contributed by atoms with Crippen LogP contribution in [0.5, 0.6) is 0 Å². The Bertz CT molecular complexity index is 321. The molecule has 0 aliphatic carbocycles. The van der Waals surface area contributed by atoms with Crippen LogP contribution in [0.15, 0.2) is 30.3 Å². The summed E-state index contributed by atoms with van der Waals surface area (Å²) in [4.78, 5) is 10.7. The Balaban J connectivity index is 2.87. The first-order chi connectivity index (χ1) is 6.43. The SMILES string of the molecule is O=C(C(Cl)c1ccccc1)C(F)(F)F. The second-order valence-electron chi connectivity index (χ2n) is 2.64. The van der Waals surface area contributed by atoms with Gasteiger partial charge in [-0.05, 0) is 5.56 Å². The Hall–Kier alpha value is -1.03. The van der Waals surface area contributed by atoms with Gasteiger partial charge in [0.1, 0.15) is 5.38 Å². The Labute approximate surface area is 83.5 Å². The van der Waals surface area contributed by atoms with Crippen molar-refractivity contribution in [2.75, 3.05) is 0 Å². The van der Waals surface area contributed by atoms with Gasteiger partial charge in [0.05, 0.1) is 0 Å². The summed E-state index contributed by atoms with van der Waals surface area (Å²) >= 11 is 5.37. The summed E-state index contributed by atoms with van der Waals surface area (Å²) in [6.07, 6.45) is -4.89. The summed E-state index contributed by atoms with van der Waals surface area (Å²) in [5.41, 5.74) is 0.150. The van der Waals surface area contributed by atoms with Crippen LogP contribution >= 0.6 is 11.6 Å². The van der Waals surface area contributed by atoms with E-state index in [1.54, 1.807) is 6.07 Å². The molecule has 0 aliphatic rings. The van der Waals surface area contributed by atoms with E-state index in [1.807, 2.05) is 0 Å². The molecule has 0 saturated heterocycles. The average molecular weight is 223 g/mol. The molecule has 14 heavy (non-hydrogen) atoms. The fourth-order valence-corrected chi connectivity index (χ4v) is 1.19. The molecule has 1 unspecified atom stereocenters. The Morgan fingerprint density at radius 2 is 1.71 bits per heavy atom. The lowest BCUT2D eigenvalue weighted by atomic mass is 10.1. The molecule has 0 aliphatic heterocycles. The van der Waals surface area contributed by atoms with E-state index in [9.17, 15) is 18.0 Å². The van der Waals surface area contributed by atoms with Crippen LogP contribution in [0, 0.1) is 0 Å². The molecule has 1 nitrogen and oxygen atoms in total. The monoisotopic (exact) mass is 222 g/mol. The molecule has 1 rings (SSSR count). The van der Waals surface area contributed by atoms with Gasteiger partial charge in [0.2, 0.25) is 0 Å².